The molecule has 0 bridgehead atoms. The molecule has 0 heterocycles. The zero-order valence-electron chi connectivity index (χ0n) is 10.1. The fourth-order valence-electron chi connectivity index (χ4n) is 1.35. The molecule has 0 spiro atoms. The SMILES string of the molecule is CCOc1cc(/C=C(/C)[N+](=O)[O-])ccc1OC. The van der Waals surface area contributed by atoms with E-state index in [1.54, 1.807) is 25.3 Å². The van der Waals surface area contributed by atoms with Crippen molar-refractivity contribution in [1.29, 1.82) is 0 Å². The van der Waals surface area contributed by atoms with Crippen LogP contribution in [-0.2, 0) is 0 Å². The van der Waals surface area contributed by atoms with Gasteiger partial charge < -0.3 is 9.47 Å². The molecule has 5 nitrogen and oxygen atoms in total. The van der Waals surface area contributed by atoms with Crippen LogP contribution >= 0.6 is 0 Å². The summed E-state index contributed by atoms with van der Waals surface area (Å²) in [6.07, 6.45) is 1.49. The average molecular weight is 237 g/mol. The van der Waals surface area contributed by atoms with Crippen molar-refractivity contribution in [2.45, 2.75) is 13.8 Å². The third-order valence-corrected chi connectivity index (χ3v) is 2.15. The van der Waals surface area contributed by atoms with Crippen molar-refractivity contribution in [1.82, 2.24) is 0 Å². The van der Waals surface area contributed by atoms with Crippen molar-refractivity contribution in [2.24, 2.45) is 0 Å². The highest BCUT2D eigenvalue weighted by molar-refractivity contribution is 5.56. The normalized spacial score (nSPS) is 11.1. The predicted molar refractivity (Wildman–Crippen MR) is 64.8 cm³/mol. The molecule has 0 unspecified atom stereocenters. The molecule has 0 fully saturated rings. The molecule has 0 saturated heterocycles. The quantitative estimate of drug-likeness (QED) is 0.583. The number of methoxy groups -OCH3 is 1. The summed E-state index contributed by atoms with van der Waals surface area (Å²) in [7, 11) is 1.55. The number of hydrogen-bond donors (Lipinski definition) is 0. The molecule has 0 aromatic heterocycles. The maximum Gasteiger partial charge on any atom is 0.243 e. The Morgan fingerprint density at radius 2 is 2.18 bits per heavy atom. The Labute approximate surface area is 99.8 Å². The molecule has 92 valence electrons. The zero-order valence-corrected chi connectivity index (χ0v) is 10.1. The lowest BCUT2D eigenvalue weighted by Gasteiger charge is -2.09. The lowest BCUT2D eigenvalue weighted by molar-refractivity contribution is -0.422. The van der Waals surface area contributed by atoms with Gasteiger partial charge in [0.05, 0.1) is 18.6 Å². The molecular formula is C12H15NO4. The minimum Gasteiger partial charge on any atom is -0.493 e. The Morgan fingerprint density at radius 3 is 2.71 bits per heavy atom. The summed E-state index contributed by atoms with van der Waals surface area (Å²) < 4.78 is 10.5. The Balaban J connectivity index is 3.07. The van der Waals surface area contributed by atoms with E-state index < -0.39 is 4.92 Å². The first-order chi connectivity index (χ1) is 8.08. The first-order valence-electron chi connectivity index (χ1n) is 5.22. The highest BCUT2D eigenvalue weighted by Crippen LogP contribution is 2.28. The fraction of sp³-hybridized carbons (Fsp3) is 0.333. The van der Waals surface area contributed by atoms with Gasteiger partial charge in [-0.15, -0.1) is 0 Å². The number of nitrogens with zero attached hydrogens (tertiary/aromatic N) is 1. The monoisotopic (exact) mass is 237 g/mol. The molecule has 0 saturated carbocycles. The highest BCUT2D eigenvalue weighted by Gasteiger charge is 2.07. The highest BCUT2D eigenvalue weighted by atomic mass is 16.6. The molecule has 0 aliphatic carbocycles. The second kappa shape index (κ2) is 5.89. The number of ether oxygens (including phenoxy) is 2. The second-order valence-corrected chi connectivity index (χ2v) is 3.39. The van der Waals surface area contributed by atoms with E-state index in [1.807, 2.05) is 6.92 Å². The Morgan fingerprint density at radius 1 is 1.47 bits per heavy atom. The van der Waals surface area contributed by atoms with Crippen molar-refractivity contribution in [3.63, 3.8) is 0 Å². The molecule has 5 heteroatoms. The van der Waals surface area contributed by atoms with Gasteiger partial charge in [-0.2, -0.15) is 0 Å². The summed E-state index contributed by atoms with van der Waals surface area (Å²) in [5.41, 5.74) is 0.793. The van der Waals surface area contributed by atoms with Crippen molar-refractivity contribution < 1.29 is 14.4 Å². The van der Waals surface area contributed by atoms with Gasteiger partial charge >= 0.3 is 0 Å². The van der Waals surface area contributed by atoms with Crippen LogP contribution in [-0.4, -0.2) is 18.6 Å². The molecule has 0 atom stereocenters. The number of allylic oxidation sites excluding steroid dienone is 1. The first-order valence-corrected chi connectivity index (χ1v) is 5.22. The molecular weight excluding hydrogens is 222 g/mol. The molecule has 1 aromatic carbocycles. The number of benzene rings is 1. The number of nitro groups is 1. The van der Waals surface area contributed by atoms with Crippen molar-refractivity contribution in [3.05, 3.63) is 39.6 Å². The van der Waals surface area contributed by atoms with Crippen LogP contribution < -0.4 is 9.47 Å². The van der Waals surface area contributed by atoms with Gasteiger partial charge in [0.25, 0.3) is 0 Å². The van der Waals surface area contributed by atoms with Gasteiger partial charge in [0, 0.05) is 13.0 Å². The van der Waals surface area contributed by atoms with E-state index >= 15 is 0 Å². The van der Waals surface area contributed by atoms with Crippen LogP contribution in [0.15, 0.2) is 23.9 Å². The van der Waals surface area contributed by atoms with E-state index in [2.05, 4.69) is 0 Å². The fourth-order valence-corrected chi connectivity index (χ4v) is 1.35. The van der Waals surface area contributed by atoms with E-state index in [9.17, 15) is 10.1 Å². The van der Waals surface area contributed by atoms with Crippen molar-refractivity contribution in [2.75, 3.05) is 13.7 Å². The van der Waals surface area contributed by atoms with Gasteiger partial charge in [0.1, 0.15) is 0 Å². The average Bonchev–Trinajstić information content (AvgIpc) is 2.29. The third-order valence-electron chi connectivity index (χ3n) is 2.15. The third kappa shape index (κ3) is 3.48. The van der Waals surface area contributed by atoms with Crippen molar-refractivity contribution in [3.8, 4) is 11.5 Å². The van der Waals surface area contributed by atoms with Crippen molar-refractivity contribution >= 4 is 6.08 Å². The Hall–Kier alpha value is -2.04. The molecule has 1 aromatic rings. The van der Waals surface area contributed by atoms with Gasteiger partial charge in [-0.3, -0.25) is 10.1 Å². The standard InChI is InChI=1S/C12H15NO4/c1-4-17-12-8-10(5-6-11(12)16-3)7-9(2)13(14)15/h5-8H,4H2,1-3H3/b9-7-. The lowest BCUT2D eigenvalue weighted by Crippen LogP contribution is -1.96. The Kier molecular flexibility index (Phi) is 4.51. The van der Waals surface area contributed by atoms with E-state index in [-0.39, 0.29) is 5.70 Å². The van der Waals surface area contributed by atoms with E-state index in [0.29, 0.717) is 23.7 Å². The molecule has 0 radical (unpaired) electrons. The van der Waals surface area contributed by atoms with Crippen LogP contribution in [0.1, 0.15) is 19.4 Å². The summed E-state index contributed by atoms with van der Waals surface area (Å²) >= 11 is 0. The molecule has 0 N–H and O–H groups in total. The topological polar surface area (TPSA) is 61.6 Å². The van der Waals surface area contributed by atoms with Crippen LogP contribution in [0.25, 0.3) is 6.08 Å². The number of hydrogen-bond acceptors (Lipinski definition) is 4. The van der Waals surface area contributed by atoms with E-state index in [0.717, 1.165) is 0 Å². The summed E-state index contributed by atoms with van der Waals surface area (Å²) in [5, 5.41) is 10.5. The summed E-state index contributed by atoms with van der Waals surface area (Å²) in [4.78, 5) is 10.1. The zero-order chi connectivity index (χ0) is 12.8. The maximum absolute atomic E-state index is 10.5. The summed E-state index contributed by atoms with van der Waals surface area (Å²) in [6, 6.07) is 5.19. The van der Waals surface area contributed by atoms with Crippen LogP contribution in [0.4, 0.5) is 0 Å². The van der Waals surface area contributed by atoms with Gasteiger partial charge in [0.2, 0.25) is 5.70 Å². The molecule has 0 aliphatic rings. The van der Waals surface area contributed by atoms with E-state index in [1.165, 1.54) is 13.0 Å². The lowest BCUT2D eigenvalue weighted by atomic mass is 10.1. The maximum atomic E-state index is 10.5. The van der Waals surface area contributed by atoms with Crippen LogP contribution in [0.3, 0.4) is 0 Å². The smallest absolute Gasteiger partial charge is 0.243 e. The van der Waals surface area contributed by atoms with Gasteiger partial charge in [-0.05, 0) is 24.6 Å². The second-order valence-electron chi connectivity index (χ2n) is 3.39. The van der Waals surface area contributed by atoms with Gasteiger partial charge in [-0.25, -0.2) is 0 Å². The van der Waals surface area contributed by atoms with Crippen LogP contribution in [0, 0.1) is 10.1 Å². The predicted octanol–water partition coefficient (Wildman–Crippen LogP) is 2.73. The van der Waals surface area contributed by atoms with Gasteiger partial charge in [-0.1, -0.05) is 6.07 Å². The van der Waals surface area contributed by atoms with Crippen LogP contribution in [0.2, 0.25) is 0 Å². The molecule has 17 heavy (non-hydrogen) atoms. The van der Waals surface area contributed by atoms with Gasteiger partial charge in [0.15, 0.2) is 11.5 Å². The minimum absolute atomic E-state index is 0.0811. The molecule has 0 aliphatic heterocycles. The first kappa shape index (κ1) is 13.0. The summed E-state index contributed by atoms with van der Waals surface area (Å²) in [6.45, 7) is 3.83. The van der Waals surface area contributed by atoms with E-state index in [4.69, 9.17) is 9.47 Å². The molecule has 1 rings (SSSR count). The number of rotatable bonds is 5. The summed E-state index contributed by atoms with van der Waals surface area (Å²) in [5.74, 6) is 1.20. The molecule has 0 amide bonds. The van der Waals surface area contributed by atoms with Crippen LogP contribution in [0.5, 0.6) is 11.5 Å². The minimum atomic E-state index is -0.426. The largest absolute Gasteiger partial charge is 0.493 e. The Bertz CT molecular complexity index is 440.